The number of ether oxygens (including phenoxy) is 1. The summed E-state index contributed by atoms with van der Waals surface area (Å²) in [5.41, 5.74) is 2.33. The molecule has 0 bridgehead atoms. The van der Waals surface area contributed by atoms with E-state index >= 15 is 0 Å². The van der Waals surface area contributed by atoms with Crippen molar-refractivity contribution in [2.24, 2.45) is 0 Å². The number of thiophene rings is 1. The van der Waals surface area contributed by atoms with Crippen LogP contribution in [-0.2, 0) is 14.3 Å². The molecule has 1 saturated heterocycles. The summed E-state index contributed by atoms with van der Waals surface area (Å²) >= 11 is 7.03. The highest BCUT2D eigenvalue weighted by Gasteiger charge is 2.22. The smallest absolute Gasteiger partial charge is 0.261 e. The summed E-state index contributed by atoms with van der Waals surface area (Å²) < 4.78 is 5.70. The van der Waals surface area contributed by atoms with Gasteiger partial charge in [-0.2, -0.15) is 0 Å². The van der Waals surface area contributed by atoms with Gasteiger partial charge in [0.05, 0.1) is 15.8 Å². The van der Waals surface area contributed by atoms with Crippen molar-refractivity contribution in [1.82, 2.24) is 5.32 Å². The predicted octanol–water partition coefficient (Wildman–Crippen LogP) is 3.22. The summed E-state index contributed by atoms with van der Waals surface area (Å²) in [6.07, 6.45) is 0.133. The third kappa shape index (κ3) is 5.56. The van der Waals surface area contributed by atoms with E-state index in [1.165, 1.54) is 11.3 Å². The van der Waals surface area contributed by atoms with Gasteiger partial charge in [-0.05, 0) is 49.7 Å². The fourth-order valence-electron chi connectivity index (χ4n) is 3.08. The van der Waals surface area contributed by atoms with Crippen molar-refractivity contribution in [2.75, 3.05) is 30.0 Å². The lowest BCUT2D eigenvalue weighted by Gasteiger charge is -2.28. The molecule has 0 saturated carbocycles. The quantitative estimate of drug-likeness (QED) is 0.729. The first-order chi connectivity index (χ1) is 13.8. The summed E-state index contributed by atoms with van der Waals surface area (Å²) in [6.45, 7) is 4.76. The molecule has 0 spiro atoms. The van der Waals surface area contributed by atoms with Gasteiger partial charge in [0.2, 0.25) is 5.91 Å². The van der Waals surface area contributed by atoms with E-state index in [2.05, 4.69) is 10.6 Å². The number of hydrogen-bond donors (Lipinski definition) is 2. The van der Waals surface area contributed by atoms with Crippen LogP contribution >= 0.6 is 22.9 Å². The van der Waals surface area contributed by atoms with Gasteiger partial charge in [0.1, 0.15) is 6.61 Å². The normalized spacial score (nSPS) is 15.1. The average Bonchev–Trinajstić information content (AvgIpc) is 3.09. The Labute approximate surface area is 178 Å². The Kier molecular flexibility index (Phi) is 6.89. The lowest BCUT2D eigenvalue weighted by Crippen LogP contribution is -2.42. The lowest BCUT2D eigenvalue weighted by atomic mass is 10.1. The molecule has 1 aliphatic rings. The first-order valence-corrected chi connectivity index (χ1v) is 10.4. The zero-order valence-electron chi connectivity index (χ0n) is 16.2. The zero-order valence-corrected chi connectivity index (χ0v) is 17.7. The summed E-state index contributed by atoms with van der Waals surface area (Å²) in [4.78, 5) is 38.7. The number of nitrogens with one attached hydrogen (secondary N) is 2. The standard InChI is InChI=1S/C20H22ClN3O4S/c1-12-9-14(3-4-15(12)24-7-8-28-11-19(24)26)23-18(25)10-13(2)22-20(27)16-5-6-17(21)29-16/h3-6,9,13H,7-8,10-11H2,1-2H3,(H,22,27)(H,23,25)/t13-/m1/s1. The molecule has 0 radical (unpaired) electrons. The number of hydrogen-bond acceptors (Lipinski definition) is 5. The highest BCUT2D eigenvalue weighted by Crippen LogP contribution is 2.25. The van der Waals surface area contributed by atoms with E-state index in [4.69, 9.17) is 16.3 Å². The van der Waals surface area contributed by atoms with E-state index in [9.17, 15) is 14.4 Å². The van der Waals surface area contributed by atoms with Crippen LogP contribution in [0.1, 0.15) is 28.6 Å². The second kappa shape index (κ2) is 9.39. The fraction of sp³-hybridized carbons (Fsp3) is 0.350. The van der Waals surface area contributed by atoms with Crippen molar-refractivity contribution in [2.45, 2.75) is 26.3 Å². The number of carbonyl (C=O) groups excluding carboxylic acids is 3. The van der Waals surface area contributed by atoms with Gasteiger partial charge in [-0.3, -0.25) is 14.4 Å². The maximum Gasteiger partial charge on any atom is 0.261 e. The van der Waals surface area contributed by atoms with Crippen molar-refractivity contribution >= 4 is 52.0 Å². The molecule has 3 amide bonds. The Bertz CT molecular complexity index is 930. The Morgan fingerprint density at radius 1 is 1.31 bits per heavy atom. The van der Waals surface area contributed by atoms with E-state index in [1.807, 2.05) is 19.1 Å². The van der Waals surface area contributed by atoms with Gasteiger partial charge in [-0.25, -0.2) is 0 Å². The number of morpholine rings is 1. The van der Waals surface area contributed by atoms with Crippen LogP contribution in [0.25, 0.3) is 0 Å². The SMILES string of the molecule is Cc1cc(NC(=O)C[C@@H](C)NC(=O)c2ccc(Cl)s2)ccc1N1CCOCC1=O. The van der Waals surface area contributed by atoms with Crippen LogP contribution in [0, 0.1) is 6.92 Å². The number of carbonyl (C=O) groups is 3. The molecule has 3 rings (SSSR count). The zero-order chi connectivity index (χ0) is 21.0. The van der Waals surface area contributed by atoms with Crippen LogP contribution in [0.4, 0.5) is 11.4 Å². The first kappa shape index (κ1) is 21.3. The van der Waals surface area contributed by atoms with Gasteiger partial charge in [0, 0.05) is 30.4 Å². The molecule has 0 unspecified atom stereocenters. The molecule has 1 aromatic carbocycles. The fourth-order valence-corrected chi connectivity index (χ4v) is 4.03. The highest BCUT2D eigenvalue weighted by atomic mass is 35.5. The number of halogens is 1. The van der Waals surface area contributed by atoms with Crippen LogP contribution in [0.5, 0.6) is 0 Å². The molecule has 0 aliphatic carbocycles. The van der Waals surface area contributed by atoms with Crippen LogP contribution < -0.4 is 15.5 Å². The van der Waals surface area contributed by atoms with E-state index in [1.54, 1.807) is 30.0 Å². The molecule has 2 N–H and O–H groups in total. The molecule has 9 heteroatoms. The number of amides is 3. The van der Waals surface area contributed by atoms with Crippen LogP contribution in [0.15, 0.2) is 30.3 Å². The average molecular weight is 436 g/mol. The number of nitrogens with zero attached hydrogens (tertiary/aromatic N) is 1. The Morgan fingerprint density at radius 2 is 2.10 bits per heavy atom. The minimum atomic E-state index is -0.338. The maximum atomic E-state index is 12.3. The molecule has 2 aromatic rings. The van der Waals surface area contributed by atoms with Crippen LogP contribution in [-0.4, -0.2) is 43.5 Å². The third-order valence-electron chi connectivity index (χ3n) is 4.42. The second-order valence-electron chi connectivity index (χ2n) is 6.83. The summed E-state index contributed by atoms with van der Waals surface area (Å²) in [5.74, 6) is -0.540. The Balaban J connectivity index is 1.55. The molecule has 29 heavy (non-hydrogen) atoms. The monoisotopic (exact) mass is 435 g/mol. The van der Waals surface area contributed by atoms with Crippen LogP contribution in [0.2, 0.25) is 4.34 Å². The molecule has 2 heterocycles. The van der Waals surface area contributed by atoms with Gasteiger partial charge in [-0.1, -0.05) is 11.6 Å². The maximum absolute atomic E-state index is 12.3. The molecule has 154 valence electrons. The topological polar surface area (TPSA) is 87.7 Å². The Morgan fingerprint density at radius 3 is 2.76 bits per heavy atom. The van der Waals surface area contributed by atoms with E-state index < -0.39 is 0 Å². The van der Waals surface area contributed by atoms with Crippen molar-refractivity contribution in [3.8, 4) is 0 Å². The van der Waals surface area contributed by atoms with Gasteiger partial charge in [0.25, 0.3) is 11.8 Å². The summed E-state index contributed by atoms with van der Waals surface area (Å²) in [6, 6.07) is 8.38. The van der Waals surface area contributed by atoms with Crippen molar-refractivity contribution in [3.05, 3.63) is 45.1 Å². The highest BCUT2D eigenvalue weighted by molar-refractivity contribution is 7.18. The van der Waals surface area contributed by atoms with Crippen LogP contribution in [0.3, 0.4) is 0 Å². The molecule has 7 nitrogen and oxygen atoms in total. The van der Waals surface area contributed by atoms with Crippen molar-refractivity contribution in [3.63, 3.8) is 0 Å². The summed E-state index contributed by atoms with van der Waals surface area (Å²) in [5, 5.41) is 5.63. The van der Waals surface area contributed by atoms with Gasteiger partial charge < -0.3 is 20.3 Å². The van der Waals surface area contributed by atoms with Crippen molar-refractivity contribution < 1.29 is 19.1 Å². The number of rotatable bonds is 6. The lowest BCUT2D eigenvalue weighted by molar-refractivity contribution is -0.125. The minimum absolute atomic E-state index is 0.0762. The van der Waals surface area contributed by atoms with Crippen molar-refractivity contribution in [1.29, 1.82) is 0 Å². The molecule has 1 atom stereocenters. The van der Waals surface area contributed by atoms with E-state index in [0.717, 1.165) is 11.3 Å². The molecular formula is C20H22ClN3O4S. The largest absolute Gasteiger partial charge is 0.370 e. The first-order valence-electron chi connectivity index (χ1n) is 9.18. The number of aryl methyl sites for hydroxylation is 1. The van der Waals surface area contributed by atoms with E-state index in [0.29, 0.717) is 28.1 Å². The predicted molar refractivity (Wildman–Crippen MR) is 114 cm³/mol. The van der Waals surface area contributed by atoms with E-state index in [-0.39, 0.29) is 36.8 Å². The minimum Gasteiger partial charge on any atom is -0.370 e. The molecule has 1 aliphatic heterocycles. The van der Waals surface area contributed by atoms with Gasteiger partial charge >= 0.3 is 0 Å². The number of anilines is 2. The molecular weight excluding hydrogens is 414 g/mol. The van der Waals surface area contributed by atoms with Gasteiger partial charge in [-0.15, -0.1) is 11.3 Å². The second-order valence-corrected chi connectivity index (χ2v) is 8.54. The molecule has 1 fully saturated rings. The van der Waals surface area contributed by atoms with Gasteiger partial charge in [0.15, 0.2) is 0 Å². The Hall–Kier alpha value is -2.42. The third-order valence-corrected chi connectivity index (χ3v) is 5.65. The number of benzene rings is 1. The summed E-state index contributed by atoms with van der Waals surface area (Å²) in [7, 11) is 0. The molecule has 1 aromatic heterocycles.